The Bertz CT molecular complexity index is 735. The summed E-state index contributed by atoms with van der Waals surface area (Å²) in [5.41, 5.74) is 9.85. The molecule has 0 unspecified atom stereocenters. The zero-order chi connectivity index (χ0) is 14.7. The lowest BCUT2D eigenvalue weighted by Crippen LogP contribution is -1.89. The van der Waals surface area contributed by atoms with Crippen LogP contribution in [0.1, 0.15) is 10.6 Å². The van der Waals surface area contributed by atoms with Crippen LogP contribution in [0.4, 0.5) is 5.69 Å². The Morgan fingerprint density at radius 3 is 2.67 bits per heavy atom. The molecule has 3 aromatic rings. The summed E-state index contributed by atoms with van der Waals surface area (Å²) in [5.74, 6) is 0.873. The van der Waals surface area contributed by atoms with Crippen molar-refractivity contribution in [1.29, 1.82) is 0 Å². The summed E-state index contributed by atoms with van der Waals surface area (Å²) in [6.45, 7) is 0. The molecule has 106 valence electrons. The summed E-state index contributed by atoms with van der Waals surface area (Å²) >= 11 is 1.67. The molecule has 21 heavy (non-hydrogen) atoms. The van der Waals surface area contributed by atoms with Crippen molar-refractivity contribution in [3.05, 3.63) is 64.5 Å². The van der Waals surface area contributed by atoms with Crippen LogP contribution in [0.15, 0.2) is 53.9 Å². The van der Waals surface area contributed by atoms with E-state index in [9.17, 15) is 0 Å². The minimum absolute atomic E-state index is 0.761. The fourth-order valence-electron chi connectivity index (χ4n) is 2.14. The van der Waals surface area contributed by atoms with E-state index in [2.05, 4.69) is 17.5 Å². The van der Waals surface area contributed by atoms with Gasteiger partial charge in [0.25, 0.3) is 0 Å². The smallest absolute Gasteiger partial charge is 0.118 e. The predicted octanol–water partition coefficient (Wildman–Crippen LogP) is 3.99. The van der Waals surface area contributed by atoms with E-state index in [0.29, 0.717) is 0 Å². The van der Waals surface area contributed by atoms with Crippen LogP contribution in [0.25, 0.3) is 11.3 Å². The summed E-state index contributed by atoms with van der Waals surface area (Å²) in [7, 11) is 1.67. The molecule has 1 aromatic heterocycles. The quantitative estimate of drug-likeness (QED) is 0.740. The van der Waals surface area contributed by atoms with E-state index in [4.69, 9.17) is 15.5 Å². The monoisotopic (exact) mass is 296 g/mol. The van der Waals surface area contributed by atoms with E-state index in [-0.39, 0.29) is 0 Å². The molecule has 3 rings (SSSR count). The van der Waals surface area contributed by atoms with Crippen molar-refractivity contribution in [1.82, 2.24) is 4.98 Å². The molecule has 1 heterocycles. The molecule has 2 N–H and O–H groups in total. The second-order valence-corrected chi connectivity index (χ2v) is 5.72. The van der Waals surface area contributed by atoms with Gasteiger partial charge in [0.05, 0.1) is 17.8 Å². The van der Waals surface area contributed by atoms with E-state index < -0.39 is 0 Å². The Kier molecular flexibility index (Phi) is 3.88. The average molecular weight is 296 g/mol. The lowest BCUT2D eigenvalue weighted by Gasteiger charge is -2.01. The van der Waals surface area contributed by atoms with Gasteiger partial charge in [0.15, 0.2) is 0 Å². The van der Waals surface area contributed by atoms with Crippen molar-refractivity contribution in [2.45, 2.75) is 6.42 Å². The highest BCUT2D eigenvalue weighted by Crippen LogP contribution is 2.25. The van der Waals surface area contributed by atoms with Crippen LogP contribution in [-0.2, 0) is 6.42 Å². The van der Waals surface area contributed by atoms with Crippen LogP contribution in [0.2, 0.25) is 0 Å². The number of rotatable bonds is 4. The number of methoxy groups -OCH3 is 1. The number of hydrogen-bond acceptors (Lipinski definition) is 4. The number of anilines is 1. The van der Waals surface area contributed by atoms with Gasteiger partial charge < -0.3 is 10.5 Å². The van der Waals surface area contributed by atoms with Gasteiger partial charge in [0.2, 0.25) is 0 Å². The normalized spacial score (nSPS) is 10.5. The molecule has 0 atom stereocenters. The molecule has 0 aliphatic rings. The lowest BCUT2D eigenvalue weighted by atomic mass is 10.1. The SMILES string of the molecule is COc1ccc(Cc2nc(-c3cccc(N)c3)cs2)cc1. The fourth-order valence-corrected chi connectivity index (χ4v) is 2.98. The van der Waals surface area contributed by atoms with Crippen molar-refractivity contribution in [3.63, 3.8) is 0 Å². The van der Waals surface area contributed by atoms with E-state index in [1.54, 1.807) is 18.4 Å². The Labute approximate surface area is 128 Å². The third-order valence-corrected chi connectivity index (χ3v) is 4.10. The minimum atomic E-state index is 0.761. The first-order valence-corrected chi connectivity index (χ1v) is 7.56. The van der Waals surface area contributed by atoms with Crippen molar-refractivity contribution in [3.8, 4) is 17.0 Å². The number of nitrogens with two attached hydrogens (primary N) is 1. The zero-order valence-electron chi connectivity index (χ0n) is 11.7. The van der Waals surface area contributed by atoms with E-state index >= 15 is 0 Å². The number of ether oxygens (including phenoxy) is 1. The third-order valence-electron chi connectivity index (χ3n) is 3.25. The molecule has 3 nitrogen and oxygen atoms in total. The maximum Gasteiger partial charge on any atom is 0.118 e. The number of nitrogen functional groups attached to an aromatic ring is 1. The third kappa shape index (κ3) is 3.23. The topological polar surface area (TPSA) is 48.1 Å². The summed E-state index contributed by atoms with van der Waals surface area (Å²) < 4.78 is 5.17. The molecule has 0 amide bonds. The lowest BCUT2D eigenvalue weighted by molar-refractivity contribution is 0.414. The highest BCUT2D eigenvalue weighted by Gasteiger charge is 2.06. The number of hydrogen-bond donors (Lipinski definition) is 1. The molecule has 2 aromatic carbocycles. The first kappa shape index (κ1) is 13.6. The average Bonchev–Trinajstić information content (AvgIpc) is 2.97. The molecule has 0 saturated heterocycles. The van der Waals surface area contributed by atoms with E-state index in [0.717, 1.165) is 34.1 Å². The first-order valence-electron chi connectivity index (χ1n) is 6.68. The fraction of sp³-hybridized carbons (Fsp3) is 0.118. The molecule has 4 heteroatoms. The molecule has 0 bridgehead atoms. The van der Waals surface area contributed by atoms with Crippen molar-refractivity contribution in [2.75, 3.05) is 12.8 Å². The highest BCUT2D eigenvalue weighted by molar-refractivity contribution is 7.10. The number of benzene rings is 2. The predicted molar refractivity (Wildman–Crippen MR) is 87.8 cm³/mol. The Balaban J connectivity index is 1.78. The van der Waals surface area contributed by atoms with Crippen molar-refractivity contribution < 1.29 is 4.74 Å². The zero-order valence-corrected chi connectivity index (χ0v) is 12.6. The van der Waals surface area contributed by atoms with Gasteiger partial charge in [-0.05, 0) is 29.8 Å². The summed E-state index contributed by atoms with van der Waals surface area (Å²) in [4.78, 5) is 4.69. The summed E-state index contributed by atoms with van der Waals surface area (Å²) in [6, 6.07) is 15.9. The molecule has 0 fully saturated rings. The van der Waals surface area contributed by atoms with Crippen LogP contribution in [0.3, 0.4) is 0 Å². The molecular formula is C17H16N2OS. The molecular weight excluding hydrogens is 280 g/mol. The minimum Gasteiger partial charge on any atom is -0.497 e. The van der Waals surface area contributed by atoms with Gasteiger partial charge in [0, 0.05) is 23.1 Å². The first-order chi connectivity index (χ1) is 10.2. The van der Waals surface area contributed by atoms with Crippen LogP contribution in [0.5, 0.6) is 5.75 Å². The molecule has 0 saturated carbocycles. The molecule has 0 aliphatic heterocycles. The maximum atomic E-state index is 5.82. The van der Waals surface area contributed by atoms with Crippen molar-refractivity contribution in [2.24, 2.45) is 0 Å². The molecule has 0 spiro atoms. The summed E-state index contributed by atoms with van der Waals surface area (Å²) in [5, 5.41) is 3.17. The number of aromatic nitrogens is 1. The second-order valence-electron chi connectivity index (χ2n) is 4.78. The van der Waals surface area contributed by atoms with Gasteiger partial charge in [-0.1, -0.05) is 24.3 Å². The molecule has 0 radical (unpaired) electrons. The standard InChI is InChI=1S/C17H16N2OS/c1-20-15-7-5-12(6-8-15)9-17-19-16(11-21-17)13-3-2-4-14(18)10-13/h2-8,10-11H,9,18H2,1H3. The van der Waals surface area contributed by atoms with Crippen LogP contribution in [-0.4, -0.2) is 12.1 Å². The highest BCUT2D eigenvalue weighted by atomic mass is 32.1. The van der Waals surface area contributed by atoms with Crippen LogP contribution < -0.4 is 10.5 Å². The van der Waals surface area contributed by atoms with Gasteiger partial charge in [-0.25, -0.2) is 4.98 Å². The van der Waals surface area contributed by atoms with Gasteiger partial charge >= 0.3 is 0 Å². The van der Waals surface area contributed by atoms with Gasteiger partial charge in [-0.2, -0.15) is 0 Å². The van der Waals surface area contributed by atoms with E-state index in [1.165, 1.54) is 5.56 Å². The summed E-state index contributed by atoms with van der Waals surface area (Å²) in [6.07, 6.45) is 0.830. The number of thiazole rings is 1. The van der Waals surface area contributed by atoms with Crippen LogP contribution in [0, 0.1) is 0 Å². The second kappa shape index (κ2) is 5.97. The maximum absolute atomic E-state index is 5.82. The van der Waals surface area contributed by atoms with Gasteiger partial charge in [-0.15, -0.1) is 11.3 Å². The number of nitrogens with zero attached hydrogens (tertiary/aromatic N) is 1. The Morgan fingerprint density at radius 1 is 1.14 bits per heavy atom. The molecule has 0 aliphatic carbocycles. The van der Waals surface area contributed by atoms with Gasteiger partial charge in [-0.3, -0.25) is 0 Å². The van der Waals surface area contributed by atoms with E-state index in [1.807, 2.05) is 36.4 Å². The van der Waals surface area contributed by atoms with Gasteiger partial charge in [0.1, 0.15) is 5.75 Å². The Hall–Kier alpha value is -2.33. The largest absolute Gasteiger partial charge is 0.497 e. The Morgan fingerprint density at radius 2 is 1.95 bits per heavy atom. The van der Waals surface area contributed by atoms with Crippen LogP contribution >= 0.6 is 11.3 Å². The van der Waals surface area contributed by atoms with Crippen molar-refractivity contribution >= 4 is 17.0 Å².